The molecule has 0 fully saturated rings. The van der Waals surface area contributed by atoms with Gasteiger partial charge >= 0.3 is 0 Å². The van der Waals surface area contributed by atoms with Crippen LogP contribution in [0.4, 0.5) is 5.69 Å². The van der Waals surface area contributed by atoms with Crippen molar-refractivity contribution in [3.05, 3.63) is 28.8 Å². The minimum Gasteiger partial charge on any atom is -0.380 e. The first-order chi connectivity index (χ1) is 9.74. The zero-order valence-corrected chi connectivity index (χ0v) is 14.5. The van der Waals surface area contributed by atoms with Gasteiger partial charge in [0.2, 0.25) is 0 Å². The largest absolute Gasteiger partial charge is 0.380 e. The fourth-order valence-electron chi connectivity index (χ4n) is 2.00. The number of anilines is 1. The van der Waals surface area contributed by atoms with E-state index in [1.165, 1.54) is 5.56 Å². The van der Waals surface area contributed by atoms with E-state index < -0.39 is 0 Å². The summed E-state index contributed by atoms with van der Waals surface area (Å²) in [5.41, 5.74) is 2.26. The van der Waals surface area contributed by atoms with Crippen molar-refractivity contribution in [3.8, 4) is 0 Å². The van der Waals surface area contributed by atoms with Gasteiger partial charge in [0.25, 0.3) is 0 Å². The lowest BCUT2D eigenvalue weighted by atomic mass is 10.2. The molecule has 0 amide bonds. The van der Waals surface area contributed by atoms with Crippen molar-refractivity contribution in [2.45, 2.75) is 19.2 Å². The third kappa shape index (κ3) is 5.60. The van der Waals surface area contributed by atoms with Crippen LogP contribution in [0, 0.1) is 0 Å². The topological polar surface area (TPSA) is 21.7 Å². The number of hydrogen-bond acceptors (Lipinski definition) is 3. The molecule has 0 spiro atoms. The van der Waals surface area contributed by atoms with E-state index in [4.69, 9.17) is 21.1 Å². The van der Waals surface area contributed by atoms with Gasteiger partial charge in [0.1, 0.15) is 0 Å². The third-order valence-electron chi connectivity index (χ3n) is 2.95. The van der Waals surface area contributed by atoms with Crippen molar-refractivity contribution in [2.24, 2.45) is 0 Å². The van der Waals surface area contributed by atoms with Crippen LogP contribution in [0.2, 0.25) is 5.02 Å². The molecule has 0 saturated carbocycles. The highest BCUT2D eigenvalue weighted by Crippen LogP contribution is 2.31. The second-order valence-corrected chi connectivity index (χ2v) is 5.23. The molecule has 3 nitrogen and oxygen atoms in total. The number of halogens is 2. The summed E-state index contributed by atoms with van der Waals surface area (Å²) >= 11 is 9.91. The standard InChI is InChI=1S/C15H23BrClNO2/c1-3-19-10-8-18(9-11-20-4-2)15-13(12-16)6-5-7-14(15)17/h5-7H,3-4,8-12H2,1-2H3. The summed E-state index contributed by atoms with van der Waals surface area (Å²) in [4.78, 5) is 2.24. The Morgan fingerprint density at radius 3 is 2.20 bits per heavy atom. The molecule has 1 aromatic rings. The fraction of sp³-hybridized carbons (Fsp3) is 0.600. The molecule has 0 aromatic heterocycles. The molecule has 0 heterocycles. The Kier molecular flexibility index (Phi) is 9.27. The van der Waals surface area contributed by atoms with Crippen LogP contribution in [0.5, 0.6) is 0 Å². The second-order valence-electron chi connectivity index (χ2n) is 4.26. The number of nitrogens with zero attached hydrogens (tertiary/aromatic N) is 1. The van der Waals surface area contributed by atoms with Crippen LogP contribution >= 0.6 is 27.5 Å². The van der Waals surface area contributed by atoms with E-state index in [1.54, 1.807) is 0 Å². The molecule has 0 aliphatic rings. The second kappa shape index (κ2) is 10.4. The maximum Gasteiger partial charge on any atom is 0.0642 e. The highest BCUT2D eigenvalue weighted by atomic mass is 79.9. The molecule has 0 radical (unpaired) electrons. The molecule has 0 unspecified atom stereocenters. The normalized spacial score (nSPS) is 10.8. The lowest BCUT2D eigenvalue weighted by molar-refractivity contribution is 0.141. The highest BCUT2D eigenvalue weighted by Gasteiger charge is 2.14. The number of para-hydroxylation sites is 1. The lowest BCUT2D eigenvalue weighted by Gasteiger charge is -2.27. The molecular formula is C15H23BrClNO2. The fourth-order valence-corrected chi connectivity index (χ4v) is 2.76. The third-order valence-corrected chi connectivity index (χ3v) is 3.86. The van der Waals surface area contributed by atoms with Gasteiger partial charge in [0.05, 0.1) is 23.9 Å². The zero-order chi connectivity index (χ0) is 14.8. The van der Waals surface area contributed by atoms with E-state index in [0.29, 0.717) is 13.2 Å². The molecule has 1 rings (SSSR count). The van der Waals surface area contributed by atoms with Crippen LogP contribution < -0.4 is 4.90 Å². The van der Waals surface area contributed by atoms with Gasteiger partial charge in [0, 0.05) is 31.6 Å². The predicted molar refractivity (Wildman–Crippen MR) is 89.3 cm³/mol. The van der Waals surface area contributed by atoms with Crippen molar-refractivity contribution in [1.29, 1.82) is 0 Å². The first-order valence-corrected chi connectivity index (χ1v) is 8.48. The zero-order valence-electron chi connectivity index (χ0n) is 12.2. The van der Waals surface area contributed by atoms with Gasteiger partial charge in [-0.1, -0.05) is 39.7 Å². The Balaban J connectivity index is 2.84. The highest BCUT2D eigenvalue weighted by molar-refractivity contribution is 9.08. The van der Waals surface area contributed by atoms with Gasteiger partial charge in [-0.05, 0) is 25.5 Å². The average Bonchev–Trinajstić information content (AvgIpc) is 2.46. The van der Waals surface area contributed by atoms with E-state index >= 15 is 0 Å². The number of rotatable bonds is 10. The molecule has 0 atom stereocenters. The van der Waals surface area contributed by atoms with Gasteiger partial charge in [0.15, 0.2) is 0 Å². The number of benzene rings is 1. The van der Waals surface area contributed by atoms with Crippen molar-refractivity contribution < 1.29 is 9.47 Å². The smallest absolute Gasteiger partial charge is 0.0642 e. The van der Waals surface area contributed by atoms with Gasteiger partial charge < -0.3 is 14.4 Å². The number of alkyl halides is 1. The quantitative estimate of drug-likeness (QED) is 0.460. The average molecular weight is 365 g/mol. The summed E-state index contributed by atoms with van der Waals surface area (Å²) in [7, 11) is 0. The Hall–Kier alpha value is -0.290. The molecule has 0 bridgehead atoms. The van der Waals surface area contributed by atoms with Crippen LogP contribution in [-0.2, 0) is 14.8 Å². The van der Waals surface area contributed by atoms with Crippen molar-refractivity contribution in [3.63, 3.8) is 0 Å². The summed E-state index contributed by atoms with van der Waals surface area (Å²) in [5.74, 6) is 0. The first-order valence-electron chi connectivity index (χ1n) is 6.98. The molecule has 1 aromatic carbocycles. The maximum atomic E-state index is 6.38. The van der Waals surface area contributed by atoms with Crippen molar-refractivity contribution >= 4 is 33.2 Å². The Morgan fingerprint density at radius 2 is 1.70 bits per heavy atom. The SMILES string of the molecule is CCOCCN(CCOCC)c1c(Cl)cccc1CBr. The minimum absolute atomic E-state index is 0.690. The monoisotopic (exact) mass is 363 g/mol. The van der Waals surface area contributed by atoms with Gasteiger partial charge in [-0.25, -0.2) is 0 Å². The minimum atomic E-state index is 0.690. The number of hydrogen-bond donors (Lipinski definition) is 0. The number of ether oxygens (including phenoxy) is 2. The van der Waals surface area contributed by atoms with Gasteiger partial charge in [-0.15, -0.1) is 0 Å². The van der Waals surface area contributed by atoms with E-state index in [2.05, 4.69) is 26.9 Å². The summed E-state index contributed by atoms with van der Waals surface area (Å²) in [6, 6.07) is 5.99. The van der Waals surface area contributed by atoms with Crippen LogP contribution in [0.3, 0.4) is 0 Å². The van der Waals surface area contributed by atoms with Crippen LogP contribution in [0.25, 0.3) is 0 Å². The lowest BCUT2D eigenvalue weighted by Crippen LogP contribution is -2.32. The molecule has 0 aliphatic heterocycles. The van der Waals surface area contributed by atoms with E-state index in [0.717, 1.165) is 42.3 Å². The molecule has 0 aliphatic carbocycles. The Labute approximate surface area is 135 Å². The van der Waals surface area contributed by atoms with Crippen LogP contribution in [0.1, 0.15) is 19.4 Å². The predicted octanol–water partition coefficient (Wildman–Crippen LogP) is 4.11. The molecule has 20 heavy (non-hydrogen) atoms. The van der Waals surface area contributed by atoms with E-state index in [1.807, 2.05) is 26.0 Å². The van der Waals surface area contributed by atoms with Crippen molar-refractivity contribution in [1.82, 2.24) is 0 Å². The Morgan fingerprint density at radius 1 is 1.10 bits per heavy atom. The Bertz CT molecular complexity index is 380. The van der Waals surface area contributed by atoms with Gasteiger partial charge in [-0.2, -0.15) is 0 Å². The molecule has 0 saturated heterocycles. The van der Waals surface area contributed by atoms with Crippen LogP contribution in [0.15, 0.2) is 18.2 Å². The summed E-state index contributed by atoms with van der Waals surface area (Å²) in [5, 5.41) is 1.55. The van der Waals surface area contributed by atoms with Crippen molar-refractivity contribution in [2.75, 3.05) is 44.4 Å². The molecule has 5 heteroatoms. The van der Waals surface area contributed by atoms with E-state index in [-0.39, 0.29) is 0 Å². The summed E-state index contributed by atoms with van der Waals surface area (Å²) < 4.78 is 10.9. The summed E-state index contributed by atoms with van der Waals surface area (Å²) in [6.45, 7) is 8.47. The van der Waals surface area contributed by atoms with Crippen LogP contribution in [-0.4, -0.2) is 39.5 Å². The van der Waals surface area contributed by atoms with E-state index in [9.17, 15) is 0 Å². The molecule has 0 N–H and O–H groups in total. The first kappa shape index (κ1) is 17.8. The molecular weight excluding hydrogens is 342 g/mol. The summed E-state index contributed by atoms with van der Waals surface area (Å²) in [6.07, 6.45) is 0. The van der Waals surface area contributed by atoms with Gasteiger partial charge in [-0.3, -0.25) is 0 Å². The molecule has 114 valence electrons. The maximum absolute atomic E-state index is 6.38.